The minimum atomic E-state index is 0.293. The van der Waals surface area contributed by atoms with E-state index in [9.17, 15) is 0 Å². The van der Waals surface area contributed by atoms with Crippen LogP contribution in [0.2, 0.25) is 5.02 Å². The van der Waals surface area contributed by atoms with Crippen LogP contribution in [-0.4, -0.2) is 6.04 Å². The molecule has 0 spiro atoms. The molecule has 17 heavy (non-hydrogen) atoms. The Morgan fingerprint density at radius 1 is 1.29 bits per heavy atom. The van der Waals surface area contributed by atoms with Crippen LogP contribution in [0, 0.1) is 11.8 Å². The first kappa shape index (κ1) is 12.9. The molecule has 0 heterocycles. The van der Waals surface area contributed by atoms with Gasteiger partial charge < -0.3 is 5.73 Å². The van der Waals surface area contributed by atoms with Gasteiger partial charge in [0.05, 0.1) is 0 Å². The van der Waals surface area contributed by atoms with E-state index in [2.05, 4.69) is 13.0 Å². The number of nitrogens with two attached hydrogens (primary N) is 1. The topological polar surface area (TPSA) is 26.0 Å². The minimum absolute atomic E-state index is 0.293. The van der Waals surface area contributed by atoms with E-state index in [0.29, 0.717) is 12.0 Å². The van der Waals surface area contributed by atoms with Gasteiger partial charge in [-0.3, -0.25) is 0 Å². The van der Waals surface area contributed by atoms with Crippen LogP contribution in [0.3, 0.4) is 0 Å². The van der Waals surface area contributed by atoms with Crippen molar-refractivity contribution in [3.05, 3.63) is 34.9 Å². The zero-order valence-corrected chi connectivity index (χ0v) is 11.3. The fourth-order valence-corrected chi connectivity index (χ4v) is 3.03. The molecule has 0 amide bonds. The van der Waals surface area contributed by atoms with Crippen LogP contribution in [0.25, 0.3) is 0 Å². The number of benzene rings is 1. The Kier molecular flexibility index (Phi) is 4.47. The van der Waals surface area contributed by atoms with Crippen LogP contribution in [0.1, 0.15) is 38.2 Å². The SMILES string of the molecule is CC1CCC(C(N)Cc2cccc(Cl)c2)CC1. The first-order chi connectivity index (χ1) is 8.15. The van der Waals surface area contributed by atoms with E-state index < -0.39 is 0 Å². The van der Waals surface area contributed by atoms with Crippen molar-refractivity contribution in [3.8, 4) is 0 Å². The van der Waals surface area contributed by atoms with Gasteiger partial charge in [-0.15, -0.1) is 0 Å². The molecule has 0 aromatic heterocycles. The van der Waals surface area contributed by atoms with E-state index in [0.717, 1.165) is 17.4 Å². The Labute approximate surface area is 109 Å². The number of rotatable bonds is 3. The summed E-state index contributed by atoms with van der Waals surface area (Å²) in [6.45, 7) is 2.35. The smallest absolute Gasteiger partial charge is 0.0408 e. The predicted octanol–water partition coefficient (Wildman–Crippen LogP) is 4.04. The molecular weight excluding hydrogens is 230 g/mol. The summed E-state index contributed by atoms with van der Waals surface area (Å²) >= 11 is 5.99. The summed E-state index contributed by atoms with van der Waals surface area (Å²) in [5, 5.41) is 0.812. The van der Waals surface area contributed by atoms with Gasteiger partial charge in [0.1, 0.15) is 0 Å². The number of hydrogen-bond acceptors (Lipinski definition) is 1. The highest BCUT2D eigenvalue weighted by atomic mass is 35.5. The van der Waals surface area contributed by atoms with Gasteiger partial charge in [0.2, 0.25) is 0 Å². The van der Waals surface area contributed by atoms with Crippen LogP contribution in [-0.2, 0) is 6.42 Å². The molecule has 1 aromatic rings. The Morgan fingerprint density at radius 3 is 2.65 bits per heavy atom. The van der Waals surface area contributed by atoms with Crippen LogP contribution >= 0.6 is 11.6 Å². The van der Waals surface area contributed by atoms with E-state index in [1.165, 1.54) is 31.2 Å². The lowest BCUT2D eigenvalue weighted by Crippen LogP contribution is -2.34. The van der Waals surface area contributed by atoms with E-state index in [1.54, 1.807) is 0 Å². The van der Waals surface area contributed by atoms with Crippen molar-refractivity contribution >= 4 is 11.6 Å². The molecule has 2 heteroatoms. The van der Waals surface area contributed by atoms with Crippen molar-refractivity contribution in [3.63, 3.8) is 0 Å². The van der Waals surface area contributed by atoms with Crippen molar-refractivity contribution in [1.29, 1.82) is 0 Å². The minimum Gasteiger partial charge on any atom is -0.327 e. The molecule has 0 bridgehead atoms. The third kappa shape index (κ3) is 3.72. The molecule has 1 unspecified atom stereocenters. The van der Waals surface area contributed by atoms with Crippen molar-refractivity contribution in [2.24, 2.45) is 17.6 Å². The summed E-state index contributed by atoms with van der Waals surface area (Å²) in [4.78, 5) is 0. The molecule has 0 saturated heterocycles. The Morgan fingerprint density at radius 2 is 2.00 bits per heavy atom. The second-order valence-electron chi connectivity index (χ2n) is 5.52. The zero-order valence-electron chi connectivity index (χ0n) is 10.5. The second-order valence-corrected chi connectivity index (χ2v) is 5.95. The van der Waals surface area contributed by atoms with Crippen LogP contribution in [0.5, 0.6) is 0 Å². The maximum atomic E-state index is 6.33. The standard InChI is InChI=1S/C15H22ClN/c1-11-5-7-13(8-6-11)15(17)10-12-3-2-4-14(16)9-12/h2-4,9,11,13,15H,5-8,10,17H2,1H3. The van der Waals surface area contributed by atoms with Gasteiger partial charge >= 0.3 is 0 Å². The third-order valence-electron chi connectivity index (χ3n) is 4.03. The molecule has 94 valence electrons. The van der Waals surface area contributed by atoms with Crippen molar-refractivity contribution < 1.29 is 0 Å². The lowest BCUT2D eigenvalue weighted by atomic mass is 9.78. The van der Waals surface area contributed by atoms with E-state index in [1.807, 2.05) is 18.2 Å². The summed E-state index contributed by atoms with van der Waals surface area (Å²) in [6, 6.07) is 8.37. The average Bonchev–Trinajstić information content (AvgIpc) is 2.29. The lowest BCUT2D eigenvalue weighted by Gasteiger charge is -2.30. The molecule has 2 rings (SSSR count). The quantitative estimate of drug-likeness (QED) is 0.862. The largest absolute Gasteiger partial charge is 0.327 e. The van der Waals surface area contributed by atoms with Gasteiger partial charge in [-0.2, -0.15) is 0 Å². The van der Waals surface area contributed by atoms with E-state index in [-0.39, 0.29) is 0 Å². The molecule has 1 aliphatic rings. The highest BCUT2D eigenvalue weighted by Gasteiger charge is 2.23. The first-order valence-corrected chi connectivity index (χ1v) is 7.03. The molecule has 1 fully saturated rings. The Balaban J connectivity index is 1.90. The summed E-state index contributed by atoms with van der Waals surface area (Å²) in [5.41, 5.74) is 7.60. The maximum absolute atomic E-state index is 6.33. The van der Waals surface area contributed by atoms with Gasteiger partial charge in [-0.25, -0.2) is 0 Å². The second kappa shape index (κ2) is 5.88. The van der Waals surface area contributed by atoms with Crippen molar-refractivity contribution in [2.75, 3.05) is 0 Å². The highest BCUT2D eigenvalue weighted by molar-refractivity contribution is 6.30. The molecule has 1 saturated carbocycles. The van der Waals surface area contributed by atoms with Gasteiger partial charge in [0, 0.05) is 11.1 Å². The molecule has 1 atom stereocenters. The normalized spacial score (nSPS) is 26.8. The van der Waals surface area contributed by atoms with Gasteiger partial charge in [0.25, 0.3) is 0 Å². The maximum Gasteiger partial charge on any atom is 0.0408 e. The fourth-order valence-electron chi connectivity index (χ4n) is 2.82. The monoisotopic (exact) mass is 251 g/mol. The molecule has 0 aliphatic heterocycles. The van der Waals surface area contributed by atoms with Crippen LogP contribution < -0.4 is 5.73 Å². The predicted molar refractivity (Wildman–Crippen MR) is 74.3 cm³/mol. The molecular formula is C15H22ClN. The highest BCUT2D eigenvalue weighted by Crippen LogP contribution is 2.30. The van der Waals surface area contributed by atoms with E-state index in [4.69, 9.17) is 17.3 Å². The lowest BCUT2D eigenvalue weighted by molar-refractivity contribution is 0.253. The van der Waals surface area contributed by atoms with Crippen molar-refractivity contribution in [2.45, 2.75) is 45.1 Å². The molecule has 0 radical (unpaired) electrons. The van der Waals surface area contributed by atoms with E-state index >= 15 is 0 Å². The Hall–Kier alpha value is -0.530. The number of hydrogen-bond donors (Lipinski definition) is 1. The molecule has 1 aliphatic carbocycles. The molecule has 1 aromatic carbocycles. The first-order valence-electron chi connectivity index (χ1n) is 6.65. The zero-order chi connectivity index (χ0) is 12.3. The van der Waals surface area contributed by atoms with Gasteiger partial charge in [-0.05, 0) is 48.8 Å². The fraction of sp³-hybridized carbons (Fsp3) is 0.600. The summed E-state index contributed by atoms with van der Waals surface area (Å²) in [6.07, 6.45) is 6.23. The van der Waals surface area contributed by atoms with Gasteiger partial charge in [-0.1, -0.05) is 43.5 Å². The Bertz CT molecular complexity index is 356. The van der Waals surface area contributed by atoms with Crippen molar-refractivity contribution in [1.82, 2.24) is 0 Å². The summed E-state index contributed by atoms with van der Waals surface area (Å²) < 4.78 is 0. The molecule has 1 nitrogen and oxygen atoms in total. The number of halogens is 1. The summed E-state index contributed by atoms with van der Waals surface area (Å²) in [5.74, 6) is 1.59. The summed E-state index contributed by atoms with van der Waals surface area (Å²) in [7, 11) is 0. The van der Waals surface area contributed by atoms with Crippen LogP contribution in [0.15, 0.2) is 24.3 Å². The van der Waals surface area contributed by atoms with Crippen LogP contribution in [0.4, 0.5) is 0 Å². The third-order valence-corrected chi connectivity index (χ3v) is 4.26. The molecule has 2 N–H and O–H groups in total. The average molecular weight is 252 g/mol. The van der Waals surface area contributed by atoms with Gasteiger partial charge in [0.15, 0.2) is 0 Å².